The Morgan fingerprint density at radius 3 is 2.46 bits per heavy atom. The van der Waals surface area contributed by atoms with E-state index in [2.05, 4.69) is 10.6 Å². The van der Waals surface area contributed by atoms with Gasteiger partial charge in [-0.25, -0.2) is 4.79 Å². The molecule has 7 nitrogen and oxygen atoms in total. The number of urea groups is 1. The van der Waals surface area contributed by atoms with E-state index in [9.17, 15) is 9.59 Å². The quantitative estimate of drug-likeness (QED) is 0.462. The van der Waals surface area contributed by atoms with Crippen LogP contribution in [0.5, 0.6) is 0 Å². The molecule has 0 atom stereocenters. The molecule has 3 amide bonds. The molecule has 0 bridgehead atoms. The molecule has 2 aromatic rings. The summed E-state index contributed by atoms with van der Waals surface area (Å²) in [6.45, 7) is 1.65. The number of nitrogens with two attached hydrogens (primary N) is 2. The first kappa shape index (κ1) is 17.9. The van der Waals surface area contributed by atoms with Crippen molar-refractivity contribution in [1.29, 1.82) is 0 Å². The molecule has 128 valence electrons. The van der Waals surface area contributed by atoms with E-state index in [1.807, 2.05) is 24.3 Å². The van der Waals surface area contributed by atoms with Gasteiger partial charge in [0.05, 0.1) is 5.69 Å². The van der Waals surface area contributed by atoms with Crippen LogP contribution in [0.4, 0.5) is 10.5 Å². The summed E-state index contributed by atoms with van der Waals surface area (Å²) in [6.07, 6.45) is 0.721. The van der Waals surface area contributed by atoms with Gasteiger partial charge in [0.2, 0.25) is 0 Å². The second-order valence-electron chi connectivity index (χ2n) is 5.16. The Kier molecular flexibility index (Phi) is 6.30. The maximum atomic E-state index is 11.5. The van der Waals surface area contributed by atoms with E-state index >= 15 is 0 Å². The molecule has 0 unspecified atom stereocenters. The lowest BCUT2D eigenvalue weighted by Crippen LogP contribution is -2.21. The number of hydrogen-bond donors (Lipinski definition) is 5. The highest BCUT2D eigenvalue weighted by molar-refractivity contribution is 7.18. The second-order valence-corrected chi connectivity index (χ2v) is 6.21. The Morgan fingerprint density at radius 1 is 1.17 bits per heavy atom. The zero-order valence-electron chi connectivity index (χ0n) is 13.0. The van der Waals surface area contributed by atoms with E-state index in [-0.39, 0.29) is 11.5 Å². The van der Waals surface area contributed by atoms with E-state index in [1.54, 1.807) is 6.07 Å². The summed E-state index contributed by atoms with van der Waals surface area (Å²) >= 11 is 1.20. The van der Waals surface area contributed by atoms with Gasteiger partial charge in [0.25, 0.3) is 5.91 Å². The molecule has 0 saturated heterocycles. The molecule has 0 aliphatic carbocycles. The van der Waals surface area contributed by atoms with Crippen LogP contribution >= 0.6 is 11.3 Å². The molecule has 0 saturated carbocycles. The monoisotopic (exact) mass is 348 g/mol. The van der Waals surface area contributed by atoms with Gasteiger partial charge in [-0.1, -0.05) is 24.3 Å². The Balaban J connectivity index is 2.13. The van der Waals surface area contributed by atoms with Gasteiger partial charge in [-0.3, -0.25) is 4.79 Å². The third-order valence-electron chi connectivity index (χ3n) is 3.29. The highest BCUT2D eigenvalue weighted by atomic mass is 32.1. The topological polar surface area (TPSA) is 130 Å². The molecule has 1 heterocycles. The van der Waals surface area contributed by atoms with Crippen molar-refractivity contribution in [3.8, 4) is 10.4 Å². The third kappa shape index (κ3) is 4.79. The number of carbonyl (C=O) groups is 2. The van der Waals surface area contributed by atoms with Crippen molar-refractivity contribution in [2.24, 2.45) is 11.5 Å². The third-order valence-corrected chi connectivity index (χ3v) is 4.49. The zero-order chi connectivity index (χ0) is 17.5. The van der Waals surface area contributed by atoms with E-state index < -0.39 is 11.9 Å². The lowest BCUT2D eigenvalue weighted by Gasteiger charge is -2.05. The van der Waals surface area contributed by atoms with Crippen LogP contribution in [-0.2, 0) is 6.54 Å². The van der Waals surface area contributed by atoms with E-state index in [4.69, 9.17) is 16.6 Å². The van der Waals surface area contributed by atoms with E-state index in [0.29, 0.717) is 12.2 Å². The number of primary amides is 2. The van der Waals surface area contributed by atoms with Crippen LogP contribution in [0.25, 0.3) is 10.4 Å². The van der Waals surface area contributed by atoms with Gasteiger partial charge in [-0.05, 0) is 30.2 Å². The van der Waals surface area contributed by atoms with E-state index in [1.165, 1.54) is 11.3 Å². The normalized spacial score (nSPS) is 10.5. The first-order valence-electron chi connectivity index (χ1n) is 7.42. The summed E-state index contributed by atoms with van der Waals surface area (Å²) in [5.41, 5.74) is 12.8. The number of amides is 3. The van der Waals surface area contributed by atoms with Gasteiger partial charge in [-0.15, -0.1) is 11.3 Å². The second kappa shape index (κ2) is 8.44. The molecule has 1 aromatic carbocycles. The predicted molar refractivity (Wildman–Crippen MR) is 94.9 cm³/mol. The molecule has 0 aliphatic rings. The minimum Gasteiger partial charge on any atom is -0.396 e. The van der Waals surface area contributed by atoms with Crippen molar-refractivity contribution in [2.75, 3.05) is 18.5 Å². The van der Waals surface area contributed by atoms with Crippen molar-refractivity contribution in [2.45, 2.75) is 13.0 Å². The van der Waals surface area contributed by atoms with Gasteiger partial charge in [0.1, 0.15) is 4.88 Å². The molecule has 0 fully saturated rings. The summed E-state index contributed by atoms with van der Waals surface area (Å²) in [4.78, 5) is 23.6. The molecule has 8 heteroatoms. The van der Waals surface area contributed by atoms with Gasteiger partial charge in [0, 0.05) is 18.0 Å². The Morgan fingerprint density at radius 2 is 1.88 bits per heavy atom. The van der Waals surface area contributed by atoms with Gasteiger partial charge in [0.15, 0.2) is 0 Å². The van der Waals surface area contributed by atoms with Crippen molar-refractivity contribution in [1.82, 2.24) is 5.32 Å². The molecule has 1 aromatic heterocycles. The highest BCUT2D eigenvalue weighted by Gasteiger charge is 2.16. The number of nitrogens with one attached hydrogen (secondary N) is 2. The standard InChI is InChI=1S/C16H20N4O3S/c17-15(22)14-12(20-16(18)23)8-13(24-14)11-4-2-10(3-5-11)9-19-6-1-7-21/h2-5,8,19,21H,1,6-7,9H2,(H2,17,22)(H3,18,20,23). The number of rotatable bonds is 8. The molecule has 7 N–H and O–H groups in total. The van der Waals surface area contributed by atoms with Gasteiger partial charge >= 0.3 is 6.03 Å². The summed E-state index contributed by atoms with van der Waals surface area (Å²) in [6, 6.07) is 8.77. The molecule has 0 radical (unpaired) electrons. The maximum Gasteiger partial charge on any atom is 0.316 e. The van der Waals surface area contributed by atoms with Crippen LogP contribution in [0.1, 0.15) is 21.7 Å². The Hall–Kier alpha value is -2.42. The number of aliphatic hydroxyl groups excluding tert-OH is 1. The Labute approximate surface area is 143 Å². The summed E-state index contributed by atoms with van der Waals surface area (Å²) in [5, 5.41) is 14.4. The van der Waals surface area contributed by atoms with Crippen molar-refractivity contribution >= 4 is 29.0 Å². The number of aliphatic hydroxyl groups is 1. The summed E-state index contributed by atoms with van der Waals surface area (Å²) < 4.78 is 0. The average molecular weight is 348 g/mol. The van der Waals surface area contributed by atoms with Crippen molar-refractivity contribution in [3.05, 3.63) is 40.8 Å². The first-order chi connectivity index (χ1) is 11.5. The number of benzene rings is 1. The van der Waals surface area contributed by atoms with Gasteiger partial charge < -0.3 is 27.2 Å². The average Bonchev–Trinajstić information content (AvgIpc) is 2.95. The highest BCUT2D eigenvalue weighted by Crippen LogP contribution is 2.34. The fourth-order valence-corrected chi connectivity index (χ4v) is 3.14. The minimum absolute atomic E-state index is 0.175. The number of carbonyl (C=O) groups excluding carboxylic acids is 2. The van der Waals surface area contributed by atoms with Crippen LogP contribution in [0.3, 0.4) is 0 Å². The molecule has 0 aliphatic heterocycles. The van der Waals surface area contributed by atoms with Crippen molar-refractivity contribution in [3.63, 3.8) is 0 Å². The van der Waals surface area contributed by atoms with Gasteiger partial charge in [-0.2, -0.15) is 0 Å². The van der Waals surface area contributed by atoms with Crippen molar-refractivity contribution < 1.29 is 14.7 Å². The fourth-order valence-electron chi connectivity index (χ4n) is 2.17. The molecule has 24 heavy (non-hydrogen) atoms. The number of hydrogen-bond acceptors (Lipinski definition) is 5. The molecule has 2 rings (SSSR count). The number of anilines is 1. The first-order valence-corrected chi connectivity index (χ1v) is 8.24. The van der Waals surface area contributed by atoms with Crippen LogP contribution in [0.15, 0.2) is 30.3 Å². The lowest BCUT2D eigenvalue weighted by atomic mass is 10.1. The van der Waals surface area contributed by atoms with Crippen LogP contribution in [0.2, 0.25) is 0 Å². The fraction of sp³-hybridized carbons (Fsp3) is 0.250. The molecular weight excluding hydrogens is 328 g/mol. The predicted octanol–water partition coefficient (Wildman–Crippen LogP) is 1.48. The molecule has 0 spiro atoms. The van der Waals surface area contributed by atoms with Crippen LogP contribution < -0.4 is 22.1 Å². The largest absolute Gasteiger partial charge is 0.396 e. The van der Waals surface area contributed by atoms with E-state index in [0.717, 1.165) is 29.0 Å². The zero-order valence-corrected chi connectivity index (χ0v) is 13.9. The maximum absolute atomic E-state index is 11.5. The van der Waals surface area contributed by atoms with Crippen LogP contribution in [0, 0.1) is 0 Å². The number of thiophene rings is 1. The minimum atomic E-state index is -0.744. The smallest absolute Gasteiger partial charge is 0.316 e. The molecular formula is C16H20N4O3S. The summed E-state index contributed by atoms with van der Waals surface area (Å²) in [5.74, 6) is -0.611. The summed E-state index contributed by atoms with van der Waals surface area (Å²) in [7, 11) is 0. The van der Waals surface area contributed by atoms with Crippen LogP contribution in [-0.4, -0.2) is 30.2 Å². The SMILES string of the molecule is NC(=O)Nc1cc(-c2ccc(CNCCCO)cc2)sc1C(N)=O. The lowest BCUT2D eigenvalue weighted by molar-refractivity contribution is 0.100. The Bertz CT molecular complexity index is 713.